The first-order valence-electron chi connectivity index (χ1n) is 50.4. The highest BCUT2D eigenvalue weighted by Gasteiger charge is 2.47. The first-order valence-corrected chi connectivity index (χ1v) is 50.4. The molecule has 0 bridgehead atoms. The summed E-state index contributed by atoms with van der Waals surface area (Å²) in [5.41, 5.74) is 46.3. The maximum absolute atomic E-state index is 4.09. The van der Waals surface area contributed by atoms with Gasteiger partial charge in [0, 0.05) is 39.8 Å². The molecule has 1 aliphatic rings. The van der Waals surface area contributed by atoms with Crippen LogP contribution in [0, 0.1) is 41.5 Å². The van der Waals surface area contributed by atoms with E-state index in [-0.39, 0.29) is 10.8 Å². The van der Waals surface area contributed by atoms with Crippen LogP contribution >= 0.6 is 0 Å². The van der Waals surface area contributed by atoms with Crippen LogP contribution in [-0.2, 0) is 41.9 Å². The highest BCUT2D eigenvalue weighted by atomic mass is 15.2. The molecule has 1 unspecified atom stereocenters. The third-order valence-corrected chi connectivity index (χ3v) is 28.5. The molecule has 1 atom stereocenters. The molecular formula is C129H147N3. The molecule has 1 aliphatic carbocycles. The van der Waals surface area contributed by atoms with E-state index in [0.717, 1.165) is 99.7 Å². The number of hydrogen-bond donors (Lipinski definition) is 0. The van der Waals surface area contributed by atoms with E-state index in [2.05, 4.69) is 431 Å². The van der Waals surface area contributed by atoms with Crippen LogP contribution < -0.4 is 14.7 Å². The Balaban J connectivity index is 0.767. The Bertz CT molecular complexity index is 6080. The fraction of sp³-hybridized carbons (Fsp3) is 0.333. The summed E-state index contributed by atoms with van der Waals surface area (Å²) < 4.78 is 0. The van der Waals surface area contributed by atoms with Gasteiger partial charge in [0.2, 0.25) is 0 Å². The Morgan fingerprint density at radius 3 is 0.917 bits per heavy atom. The lowest BCUT2D eigenvalue weighted by Gasteiger charge is -2.36. The van der Waals surface area contributed by atoms with Crippen molar-refractivity contribution >= 4 is 57.3 Å². The number of benzene rings is 14. The summed E-state index contributed by atoms with van der Waals surface area (Å²) in [4.78, 5) is 7.38. The number of aryl methyl sites for hydroxylation is 10. The van der Waals surface area contributed by atoms with Crippen molar-refractivity contribution in [1.29, 1.82) is 0 Å². The maximum atomic E-state index is 4.09. The lowest BCUT2D eigenvalue weighted by Crippen LogP contribution is -2.29. The molecule has 0 heterocycles. The predicted octanol–water partition coefficient (Wildman–Crippen LogP) is 38.2. The number of anilines is 9. The van der Waals surface area contributed by atoms with Crippen molar-refractivity contribution in [3.05, 3.63) is 392 Å². The zero-order valence-corrected chi connectivity index (χ0v) is 83.2. The van der Waals surface area contributed by atoms with E-state index in [4.69, 9.17) is 0 Å². The fourth-order valence-corrected chi connectivity index (χ4v) is 20.8. The van der Waals surface area contributed by atoms with E-state index in [1.165, 1.54) is 242 Å². The van der Waals surface area contributed by atoms with Gasteiger partial charge in [0.05, 0.1) is 16.8 Å². The number of rotatable bonds is 38. The molecule has 0 radical (unpaired) electrons. The number of hydrogen-bond acceptors (Lipinski definition) is 3. The van der Waals surface area contributed by atoms with Gasteiger partial charge in [-0.2, -0.15) is 0 Å². The second-order valence-electron chi connectivity index (χ2n) is 40.8. The summed E-state index contributed by atoms with van der Waals surface area (Å²) in [6.07, 6.45) is 27.5. The van der Waals surface area contributed by atoms with Crippen LogP contribution in [0.3, 0.4) is 0 Å². The van der Waals surface area contributed by atoms with Crippen LogP contribution in [0.1, 0.15) is 298 Å². The van der Waals surface area contributed by atoms with E-state index in [9.17, 15) is 0 Å². The minimum absolute atomic E-state index is 0.00780. The second kappa shape index (κ2) is 42.4. The van der Waals surface area contributed by atoms with Crippen molar-refractivity contribution in [3.63, 3.8) is 0 Å². The normalized spacial score (nSPS) is 12.6. The largest absolute Gasteiger partial charge is 0.311 e. The molecule has 0 aromatic heterocycles. The molecule has 15 rings (SSSR count). The molecule has 132 heavy (non-hydrogen) atoms. The number of unbranched alkanes of at least 4 members (excludes halogenated alkanes) is 12. The Hall–Kier alpha value is -11.8. The van der Waals surface area contributed by atoms with Crippen LogP contribution in [0.15, 0.2) is 292 Å². The van der Waals surface area contributed by atoms with Gasteiger partial charge in [-0.3, -0.25) is 0 Å². The smallest absolute Gasteiger partial charge is 0.0714 e. The Kier molecular flexibility index (Phi) is 30.5. The molecule has 0 N–H and O–H groups in total. The number of fused-ring (bicyclic) bond motifs is 3. The van der Waals surface area contributed by atoms with Crippen LogP contribution in [0.4, 0.5) is 51.2 Å². The van der Waals surface area contributed by atoms with Crippen molar-refractivity contribution in [2.24, 2.45) is 0 Å². The average molecular weight is 1740 g/mol. The fourth-order valence-electron chi connectivity index (χ4n) is 20.8. The Morgan fingerprint density at radius 1 is 0.288 bits per heavy atom. The van der Waals surface area contributed by atoms with Gasteiger partial charge in [-0.05, 0) is 363 Å². The van der Waals surface area contributed by atoms with Gasteiger partial charge in [-0.25, -0.2) is 0 Å². The van der Waals surface area contributed by atoms with Crippen LogP contribution in [0.25, 0.3) is 61.7 Å². The molecule has 3 nitrogen and oxygen atoms in total. The van der Waals surface area contributed by atoms with Crippen molar-refractivity contribution in [1.82, 2.24) is 0 Å². The topological polar surface area (TPSA) is 9.72 Å². The van der Waals surface area contributed by atoms with Crippen LogP contribution in [0.2, 0.25) is 0 Å². The minimum Gasteiger partial charge on any atom is -0.311 e. The van der Waals surface area contributed by atoms with Crippen LogP contribution in [-0.4, -0.2) is 0 Å². The van der Waals surface area contributed by atoms with Crippen molar-refractivity contribution in [2.45, 2.75) is 282 Å². The van der Waals surface area contributed by atoms with E-state index >= 15 is 0 Å². The molecule has 0 saturated carbocycles. The van der Waals surface area contributed by atoms with Gasteiger partial charge in [0.1, 0.15) is 0 Å². The lowest BCUT2D eigenvalue weighted by atomic mass is 9.66. The van der Waals surface area contributed by atoms with E-state index in [0.29, 0.717) is 5.92 Å². The SMILES string of the molecule is C=Cc1cc(C)cc(-c2ccc(N(c3ccc(-c4ccc(N(c5ccc(-c6ccc(N(c7ccc(-c8ccc9c(c8)C(c8cc(CCCCCC)cc(CCCCCC)c8)(c8cc(CCCCCC)cc(CCCCCC)c8)c8cc(C)ccc8-9)cc7)c7ccc(C(C)CC)cc7)cc6)cc5)c5c(C)cc(C(C)(C)C)cc5C)cc4)cc3)c3c(C)cc(C(C)(C)C)cc3C)cc2)c1. The summed E-state index contributed by atoms with van der Waals surface area (Å²) in [5, 5.41) is 0. The van der Waals surface area contributed by atoms with Crippen LogP contribution in [0.5, 0.6) is 0 Å². The third kappa shape index (κ3) is 21.3. The Labute approximate surface area is 795 Å². The second-order valence-corrected chi connectivity index (χ2v) is 40.8. The lowest BCUT2D eigenvalue weighted by molar-refractivity contribution is 0.589. The van der Waals surface area contributed by atoms with E-state index in [1.807, 2.05) is 6.08 Å². The molecule has 0 amide bonds. The Morgan fingerprint density at radius 2 is 0.591 bits per heavy atom. The monoisotopic (exact) mass is 1740 g/mol. The van der Waals surface area contributed by atoms with Gasteiger partial charge < -0.3 is 14.7 Å². The first kappa shape index (κ1) is 94.9. The van der Waals surface area contributed by atoms with Gasteiger partial charge >= 0.3 is 0 Å². The zero-order chi connectivity index (χ0) is 93.0. The molecule has 14 aromatic rings. The standard InChI is InChI=1S/C129H147N3/c1-20-26-30-34-38-97-81-98(39-35-31-27-21-2)85-112(84-97)129(113-86-99(40-36-32-28-22-3)82-100(87-113)41-37-33-29-23-4)123-76-89(7)42-72-121(123)122-73-57-108(88-124(122)129)106-53-62-116(63-54-106)130(114-58-43-101(44-59-114)91(9)24-5)115-60-45-102(46-61-115)103-47-64-117(65-48-103)131(125-92(10)77-110(78-93(125)11)127(14,15)16)118-66-49-104(50-67-118)105-51-68-119(69-52-105)132(126-94(12)79-111(80-95(126)13)128(17,18)19)120-70-55-107(56-71-120)109-75-90(8)74-96(25-6)83-109/h25,42-88,91H,6,20-24,26-41H2,1-5,7-19H3. The quantitative estimate of drug-likeness (QED) is 0.0357. The van der Waals surface area contributed by atoms with E-state index in [1.54, 1.807) is 0 Å². The molecule has 0 spiro atoms. The van der Waals surface area contributed by atoms with Crippen molar-refractivity contribution < 1.29 is 0 Å². The van der Waals surface area contributed by atoms with Gasteiger partial charge in [0.25, 0.3) is 0 Å². The van der Waals surface area contributed by atoms with Crippen molar-refractivity contribution in [2.75, 3.05) is 14.7 Å². The molecule has 0 saturated heterocycles. The van der Waals surface area contributed by atoms with Crippen molar-refractivity contribution in [3.8, 4) is 55.6 Å². The van der Waals surface area contributed by atoms with Gasteiger partial charge in [0.15, 0.2) is 0 Å². The summed E-state index contributed by atoms with van der Waals surface area (Å²) >= 11 is 0. The zero-order valence-electron chi connectivity index (χ0n) is 83.2. The maximum Gasteiger partial charge on any atom is 0.0714 e. The highest BCUT2D eigenvalue weighted by molar-refractivity contribution is 5.91. The molecular weight excluding hydrogens is 1590 g/mol. The molecule has 0 aliphatic heterocycles. The molecule has 678 valence electrons. The molecule has 14 aromatic carbocycles. The first-order chi connectivity index (χ1) is 63.8. The molecule has 3 heteroatoms. The number of nitrogens with zero attached hydrogens (tertiary/aromatic N) is 3. The summed E-state index contributed by atoms with van der Waals surface area (Å²) in [7, 11) is 0. The third-order valence-electron chi connectivity index (χ3n) is 28.5. The summed E-state index contributed by atoms with van der Waals surface area (Å²) in [6.45, 7) is 45.5. The predicted molar refractivity (Wildman–Crippen MR) is 576 cm³/mol. The van der Waals surface area contributed by atoms with E-state index < -0.39 is 5.41 Å². The summed E-state index contributed by atoms with van der Waals surface area (Å²) in [5.74, 6) is 0.461. The minimum atomic E-state index is -0.544. The van der Waals surface area contributed by atoms with Gasteiger partial charge in [-0.1, -0.05) is 366 Å². The molecule has 0 fully saturated rings. The highest BCUT2D eigenvalue weighted by Crippen LogP contribution is 2.59. The summed E-state index contributed by atoms with van der Waals surface area (Å²) in [6, 6.07) is 112. The average Bonchev–Trinajstić information content (AvgIpc) is 1.52. The van der Waals surface area contributed by atoms with Gasteiger partial charge in [-0.15, -0.1) is 0 Å².